The minimum absolute atomic E-state index is 0.0217. The summed E-state index contributed by atoms with van der Waals surface area (Å²) in [6.07, 6.45) is 1.56. The van der Waals surface area contributed by atoms with Crippen molar-refractivity contribution < 1.29 is 19.3 Å². The number of hydrogen-bond acceptors (Lipinski definition) is 5. The van der Waals surface area contributed by atoms with Gasteiger partial charge in [0.15, 0.2) is 0 Å². The van der Waals surface area contributed by atoms with Gasteiger partial charge in [0.1, 0.15) is 5.70 Å². The third kappa shape index (κ3) is 4.42. The highest BCUT2D eigenvalue weighted by atomic mass is 16.6. The Labute approximate surface area is 194 Å². The quantitative estimate of drug-likeness (QED) is 0.253. The summed E-state index contributed by atoms with van der Waals surface area (Å²) in [5, 5.41) is 13.4. The number of nitro groups is 1. The van der Waals surface area contributed by atoms with Gasteiger partial charge in [0, 0.05) is 29.1 Å². The van der Waals surface area contributed by atoms with E-state index in [0.29, 0.717) is 22.4 Å². The molecule has 2 aromatic carbocycles. The molecule has 2 heterocycles. The lowest BCUT2D eigenvalue weighted by molar-refractivity contribution is -0.384. The number of aromatic nitrogens is 1. The Morgan fingerprint density at radius 2 is 1.76 bits per heavy atom. The standard InChI is InChI=1S/C24H21N5O5/c1-15-12-19(16(2)28(15)26-22(30)18-6-4-3-5-7-18)13-21-23(31)27(24(32)25-21)14-17-8-10-20(11-9-17)29(33)34/h3-13H,14H2,1-2H3,(H,25,32)(H,26,30)/b21-13-. The number of carbonyl (C=O) groups is 3. The van der Waals surface area contributed by atoms with E-state index in [2.05, 4.69) is 10.7 Å². The van der Waals surface area contributed by atoms with E-state index < -0.39 is 16.9 Å². The van der Waals surface area contributed by atoms with Gasteiger partial charge >= 0.3 is 6.03 Å². The fourth-order valence-electron chi connectivity index (χ4n) is 3.64. The molecule has 1 fully saturated rings. The van der Waals surface area contributed by atoms with Gasteiger partial charge in [-0.2, -0.15) is 0 Å². The van der Waals surface area contributed by atoms with Crippen LogP contribution in [0.15, 0.2) is 66.4 Å². The second-order valence-corrected chi connectivity index (χ2v) is 7.77. The first kappa shape index (κ1) is 22.5. The molecule has 4 amide bonds. The number of nitrogens with one attached hydrogen (secondary N) is 2. The maximum absolute atomic E-state index is 12.9. The average Bonchev–Trinajstić information content (AvgIpc) is 3.24. The van der Waals surface area contributed by atoms with Crippen LogP contribution in [0.5, 0.6) is 0 Å². The molecular weight excluding hydrogens is 438 g/mol. The number of amides is 4. The van der Waals surface area contributed by atoms with E-state index in [4.69, 9.17) is 0 Å². The van der Waals surface area contributed by atoms with Crippen molar-refractivity contribution in [1.82, 2.24) is 14.9 Å². The first-order valence-corrected chi connectivity index (χ1v) is 10.4. The molecule has 1 saturated heterocycles. The Hall–Kier alpha value is -4.73. The molecule has 1 aliphatic rings. The minimum Gasteiger partial charge on any atom is -0.303 e. The maximum Gasteiger partial charge on any atom is 0.329 e. The summed E-state index contributed by atoms with van der Waals surface area (Å²) >= 11 is 0. The van der Waals surface area contributed by atoms with E-state index in [1.807, 2.05) is 13.0 Å². The molecule has 34 heavy (non-hydrogen) atoms. The molecule has 1 aliphatic heterocycles. The smallest absolute Gasteiger partial charge is 0.303 e. The van der Waals surface area contributed by atoms with Crippen LogP contribution in [0, 0.1) is 24.0 Å². The van der Waals surface area contributed by atoms with Gasteiger partial charge in [0.2, 0.25) is 0 Å². The zero-order chi connectivity index (χ0) is 24.4. The lowest BCUT2D eigenvalue weighted by Gasteiger charge is -2.12. The number of carbonyl (C=O) groups excluding carboxylic acids is 3. The predicted octanol–water partition coefficient (Wildman–Crippen LogP) is 3.49. The molecule has 172 valence electrons. The molecule has 0 atom stereocenters. The Kier molecular flexibility index (Phi) is 5.96. The molecule has 0 saturated carbocycles. The number of urea groups is 1. The van der Waals surface area contributed by atoms with Gasteiger partial charge in [-0.15, -0.1) is 0 Å². The van der Waals surface area contributed by atoms with Crippen LogP contribution in [0.3, 0.4) is 0 Å². The van der Waals surface area contributed by atoms with Crippen molar-refractivity contribution in [2.75, 3.05) is 5.43 Å². The molecule has 1 aromatic heterocycles. The number of benzene rings is 2. The van der Waals surface area contributed by atoms with Crippen LogP contribution >= 0.6 is 0 Å². The topological polar surface area (TPSA) is 127 Å². The van der Waals surface area contributed by atoms with Gasteiger partial charge in [-0.1, -0.05) is 30.3 Å². The average molecular weight is 459 g/mol. The fourth-order valence-corrected chi connectivity index (χ4v) is 3.64. The Balaban J connectivity index is 1.52. The van der Waals surface area contributed by atoms with Crippen molar-refractivity contribution in [1.29, 1.82) is 0 Å². The monoisotopic (exact) mass is 459 g/mol. The van der Waals surface area contributed by atoms with Crippen molar-refractivity contribution in [3.05, 3.63) is 105 Å². The summed E-state index contributed by atoms with van der Waals surface area (Å²) in [4.78, 5) is 49.1. The fraction of sp³-hybridized carbons (Fsp3) is 0.125. The van der Waals surface area contributed by atoms with E-state index in [1.165, 1.54) is 24.3 Å². The van der Waals surface area contributed by atoms with Gasteiger partial charge in [-0.25, -0.2) is 4.79 Å². The van der Waals surface area contributed by atoms with Gasteiger partial charge in [0.05, 0.1) is 11.5 Å². The number of imide groups is 1. The molecule has 0 spiro atoms. The van der Waals surface area contributed by atoms with E-state index in [1.54, 1.807) is 48.0 Å². The number of non-ortho nitro benzene ring substituents is 1. The molecule has 3 aromatic rings. The lowest BCUT2D eigenvalue weighted by Crippen LogP contribution is -2.30. The largest absolute Gasteiger partial charge is 0.329 e. The van der Waals surface area contributed by atoms with Crippen molar-refractivity contribution in [2.45, 2.75) is 20.4 Å². The van der Waals surface area contributed by atoms with E-state index in [-0.39, 0.29) is 23.8 Å². The molecule has 0 bridgehead atoms. The van der Waals surface area contributed by atoms with Gasteiger partial charge in [0.25, 0.3) is 17.5 Å². The van der Waals surface area contributed by atoms with Crippen molar-refractivity contribution >= 4 is 29.6 Å². The number of rotatable bonds is 6. The number of nitro benzene ring substituents is 1. The molecule has 0 unspecified atom stereocenters. The summed E-state index contributed by atoms with van der Waals surface area (Å²) in [6.45, 7) is 3.59. The summed E-state index contributed by atoms with van der Waals surface area (Å²) in [7, 11) is 0. The molecule has 0 aliphatic carbocycles. The molecule has 10 heteroatoms. The molecule has 4 rings (SSSR count). The SMILES string of the molecule is Cc1cc(/C=C2\NC(=O)N(Cc3ccc([N+](=O)[O-])cc3)C2=O)c(C)n1NC(=O)c1ccccc1. The Morgan fingerprint density at radius 3 is 2.41 bits per heavy atom. The second-order valence-electron chi connectivity index (χ2n) is 7.77. The Bertz CT molecular complexity index is 1330. The van der Waals surface area contributed by atoms with Crippen LogP contribution in [0.25, 0.3) is 6.08 Å². The highest BCUT2D eigenvalue weighted by Gasteiger charge is 2.33. The van der Waals surface area contributed by atoms with Crippen LogP contribution in [0.1, 0.15) is 32.9 Å². The number of aryl methyl sites for hydroxylation is 1. The molecule has 10 nitrogen and oxygen atoms in total. The van der Waals surface area contributed by atoms with E-state index in [0.717, 1.165) is 10.6 Å². The first-order valence-electron chi connectivity index (χ1n) is 10.4. The van der Waals surface area contributed by atoms with Crippen LogP contribution in [-0.4, -0.2) is 32.3 Å². The first-order chi connectivity index (χ1) is 16.2. The van der Waals surface area contributed by atoms with E-state index in [9.17, 15) is 24.5 Å². The van der Waals surface area contributed by atoms with Crippen molar-refractivity contribution in [3.8, 4) is 0 Å². The zero-order valence-corrected chi connectivity index (χ0v) is 18.4. The Morgan fingerprint density at radius 1 is 1.09 bits per heavy atom. The molecule has 2 N–H and O–H groups in total. The van der Waals surface area contributed by atoms with Crippen LogP contribution in [0.4, 0.5) is 10.5 Å². The number of nitrogens with zero attached hydrogens (tertiary/aromatic N) is 3. The van der Waals surface area contributed by atoms with Crippen molar-refractivity contribution in [2.24, 2.45) is 0 Å². The van der Waals surface area contributed by atoms with Crippen LogP contribution in [0.2, 0.25) is 0 Å². The van der Waals surface area contributed by atoms with Crippen LogP contribution in [-0.2, 0) is 11.3 Å². The van der Waals surface area contributed by atoms with E-state index >= 15 is 0 Å². The molecule has 0 radical (unpaired) electrons. The third-order valence-electron chi connectivity index (χ3n) is 5.47. The summed E-state index contributed by atoms with van der Waals surface area (Å²) in [6, 6.07) is 15.7. The highest BCUT2D eigenvalue weighted by molar-refractivity contribution is 6.14. The second kappa shape index (κ2) is 9.02. The summed E-state index contributed by atoms with van der Waals surface area (Å²) in [5.41, 5.74) is 6.04. The summed E-state index contributed by atoms with van der Waals surface area (Å²) < 4.78 is 1.62. The van der Waals surface area contributed by atoms with Gasteiger partial charge in [-0.3, -0.25) is 34.7 Å². The minimum atomic E-state index is -0.583. The summed E-state index contributed by atoms with van der Waals surface area (Å²) in [5.74, 6) is -0.789. The van der Waals surface area contributed by atoms with Gasteiger partial charge < -0.3 is 5.32 Å². The maximum atomic E-state index is 12.9. The third-order valence-corrected chi connectivity index (χ3v) is 5.47. The number of hydrogen-bond donors (Lipinski definition) is 2. The van der Waals surface area contributed by atoms with Crippen molar-refractivity contribution in [3.63, 3.8) is 0 Å². The van der Waals surface area contributed by atoms with Crippen LogP contribution < -0.4 is 10.7 Å². The lowest BCUT2D eigenvalue weighted by atomic mass is 10.2. The zero-order valence-electron chi connectivity index (χ0n) is 18.4. The molecular formula is C24H21N5O5. The highest BCUT2D eigenvalue weighted by Crippen LogP contribution is 2.22. The van der Waals surface area contributed by atoms with Gasteiger partial charge in [-0.05, 0) is 49.2 Å². The predicted molar refractivity (Wildman–Crippen MR) is 124 cm³/mol. The normalized spacial score (nSPS) is 14.4.